The van der Waals surface area contributed by atoms with Gasteiger partial charge in [0.1, 0.15) is 11.5 Å². The molecule has 3 aliphatic rings. The van der Waals surface area contributed by atoms with Crippen LogP contribution in [0.5, 0.6) is 23.0 Å². The third-order valence-electron chi connectivity index (χ3n) is 5.48. The number of carbonyl (C=O) groups is 1. The van der Waals surface area contributed by atoms with E-state index in [0.29, 0.717) is 42.2 Å². The van der Waals surface area contributed by atoms with E-state index in [9.17, 15) is 9.90 Å². The predicted octanol–water partition coefficient (Wildman–Crippen LogP) is 2.33. The number of carbonyl (C=O) groups excluding carboxylic acids is 1. The molecule has 2 heterocycles. The number of primary amides is 1. The maximum atomic E-state index is 12.0. The number of phenolic OH excluding ortho intramolecular Hbond substituents is 1. The molecule has 0 spiro atoms. The molecule has 7 heteroatoms. The Morgan fingerprint density at radius 3 is 2.88 bits per heavy atom. The number of hydrogen-bond acceptors (Lipinski definition) is 5. The lowest BCUT2D eigenvalue weighted by Gasteiger charge is -2.41. The van der Waals surface area contributed by atoms with Crippen molar-refractivity contribution >= 4 is 6.03 Å². The average molecular weight is 354 g/mol. The molecule has 0 radical (unpaired) electrons. The van der Waals surface area contributed by atoms with E-state index in [0.717, 1.165) is 22.3 Å². The minimum atomic E-state index is -0.445. The number of urea groups is 1. The first-order valence-electron chi connectivity index (χ1n) is 8.50. The molecule has 2 aromatic rings. The Hall–Kier alpha value is -3.09. The van der Waals surface area contributed by atoms with Gasteiger partial charge >= 0.3 is 6.03 Å². The summed E-state index contributed by atoms with van der Waals surface area (Å²) >= 11 is 0. The monoisotopic (exact) mass is 354 g/mol. The smallest absolute Gasteiger partial charge is 0.315 e. The SMILES string of the molecule is COc1cc(O)c2c(c1)C[C@@H]1c3c(cc4c(c3-2)OCO4)CCN1C(N)=O. The lowest BCUT2D eigenvalue weighted by molar-refractivity contribution is 0.173. The fourth-order valence-corrected chi connectivity index (χ4v) is 4.41. The van der Waals surface area contributed by atoms with Crippen LogP contribution < -0.4 is 19.9 Å². The van der Waals surface area contributed by atoms with Crippen LogP contribution in [-0.4, -0.2) is 36.5 Å². The van der Waals surface area contributed by atoms with Crippen LogP contribution in [0.2, 0.25) is 0 Å². The molecule has 0 bridgehead atoms. The summed E-state index contributed by atoms with van der Waals surface area (Å²) in [5.41, 5.74) is 10.1. The second kappa shape index (κ2) is 5.20. The van der Waals surface area contributed by atoms with Gasteiger partial charge in [-0.3, -0.25) is 0 Å². The van der Waals surface area contributed by atoms with Gasteiger partial charge in [0.05, 0.1) is 13.2 Å². The van der Waals surface area contributed by atoms with Gasteiger partial charge in [0.25, 0.3) is 0 Å². The van der Waals surface area contributed by atoms with Crippen LogP contribution in [0.15, 0.2) is 18.2 Å². The summed E-state index contributed by atoms with van der Waals surface area (Å²) in [6.45, 7) is 0.693. The first-order chi connectivity index (χ1) is 12.6. The maximum absolute atomic E-state index is 12.0. The van der Waals surface area contributed by atoms with Crippen LogP contribution in [0.3, 0.4) is 0 Å². The highest BCUT2D eigenvalue weighted by atomic mass is 16.7. The molecule has 0 saturated carbocycles. The number of fused-ring (bicyclic) bond motifs is 4. The number of nitrogens with two attached hydrogens (primary N) is 1. The zero-order chi connectivity index (χ0) is 18.0. The number of aromatic hydroxyl groups is 1. The fourth-order valence-electron chi connectivity index (χ4n) is 4.41. The minimum absolute atomic E-state index is 0.125. The number of phenols is 1. The van der Waals surface area contributed by atoms with Crippen molar-refractivity contribution in [3.8, 4) is 34.1 Å². The Morgan fingerprint density at radius 1 is 1.27 bits per heavy atom. The Morgan fingerprint density at radius 2 is 2.12 bits per heavy atom. The van der Waals surface area contributed by atoms with Crippen molar-refractivity contribution in [2.45, 2.75) is 18.9 Å². The molecule has 1 aliphatic carbocycles. The number of nitrogens with zero attached hydrogens (tertiary/aromatic N) is 1. The van der Waals surface area contributed by atoms with E-state index in [-0.39, 0.29) is 18.6 Å². The second-order valence-corrected chi connectivity index (χ2v) is 6.74. The van der Waals surface area contributed by atoms with Crippen LogP contribution in [0.4, 0.5) is 4.79 Å². The largest absolute Gasteiger partial charge is 0.507 e. The van der Waals surface area contributed by atoms with Gasteiger partial charge in [-0.25, -0.2) is 4.79 Å². The van der Waals surface area contributed by atoms with E-state index in [1.807, 2.05) is 12.1 Å². The Bertz CT molecular complexity index is 956. The Balaban J connectivity index is 1.84. The summed E-state index contributed by atoms with van der Waals surface area (Å²) in [5.74, 6) is 1.98. The average Bonchev–Trinajstić information content (AvgIpc) is 3.09. The maximum Gasteiger partial charge on any atom is 0.315 e. The third kappa shape index (κ3) is 1.91. The first kappa shape index (κ1) is 15.2. The van der Waals surface area contributed by atoms with Crippen LogP contribution in [0, 0.1) is 0 Å². The van der Waals surface area contributed by atoms with Gasteiger partial charge < -0.3 is 30.0 Å². The van der Waals surface area contributed by atoms with Gasteiger partial charge in [0.2, 0.25) is 6.79 Å². The summed E-state index contributed by atoms with van der Waals surface area (Å²) in [4.78, 5) is 13.7. The molecule has 2 aromatic carbocycles. The number of ether oxygens (including phenoxy) is 3. The molecule has 2 amide bonds. The van der Waals surface area contributed by atoms with Gasteiger partial charge in [-0.15, -0.1) is 0 Å². The van der Waals surface area contributed by atoms with Gasteiger partial charge in [-0.1, -0.05) is 0 Å². The van der Waals surface area contributed by atoms with Crippen LogP contribution >= 0.6 is 0 Å². The zero-order valence-corrected chi connectivity index (χ0v) is 14.2. The third-order valence-corrected chi connectivity index (χ3v) is 5.48. The molecular formula is C19H18N2O5. The van der Waals surface area contributed by atoms with E-state index in [1.165, 1.54) is 0 Å². The lowest BCUT2D eigenvalue weighted by atomic mass is 9.76. The molecule has 0 fully saturated rings. The first-order valence-corrected chi connectivity index (χ1v) is 8.50. The van der Waals surface area contributed by atoms with Crippen molar-refractivity contribution in [2.24, 2.45) is 5.73 Å². The van der Waals surface area contributed by atoms with Gasteiger partial charge in [0, 0.05) is 23.7 Å². The summed E-state index contributed by atoms with van der Waals surface area (Å²) in [5, 5.41) is 10.7. The highest BCUT2D eigenvalue weighted by Crippen LogP contribution is 2.56. The molecular weight excluding hydrogens is 336 g/mol. The molecule has 5 rings (SSSR count). The second-order valence-electron chi connectivity index (χ2n) is 6.74. The Kier molecular flexibility index (Phi) is 3.04. The van der Waals surface area contributed by atoms with Crippen LogP contribution in [-0.2, 0) is 12.8 Å². The van der Waals surface area contributed by atoms with Gasteiger partial charge in [-0.05, 0) is 41.7 Å². The fraction of sp³-hybridized carbons (Fsp3) is 0.316. The lowest BCUT2D eigenvalue weighted by Crippen LogP contribution is -2.45. The van der Waals surface area contributed by atoms with Crippen molar-refractivity contribution in [3.63, 3.8) is 0 Å². The summed E-state index contributed by atoms with van der Waals surface area (Å²) in [6, 6.07) is 4.83. The molecule has 7 nitrogen and oxygen atoms in total. The topological polar surface area (TPSA) is 94.2 Å². The summed E-state index contributed by atoms with van der Waals surface area (Å²) in [7, 11) is 1.56. The minimum Gasteiger partial charge on any atom is -0.507 e. The quantitative estimate of drug-likeness (QED) is 0.820. The number of hydrogen-bond donors (Lipinski definition) is 2. The van der Waals surface area contributed by atoms with Crippen molar-refractivity contribution < 1.29 is 24.1 Å². The van der Waals surface area contributed by atoms with Crippen molar-refractivity contribution in [2.75, 3.05) is 20.4 Å². The molecule has 0 aromatic heterocycles. The molecule has 3 N–H and O–H groups in total. The molecule has 0 saturated heterocycles. The standard InChI is InChI=1S/C19H18N2O5/c1-24-11-4-10-5-12-15-9(2-3-21(12)19(20)23)6-14-18(26-8-25-14)17(15)16(10)13(22)7-11/h4,6-7,12,22H,2-3,5,8H2,1H3,(H2,20,23)/t12-/m1/s1. The highest BCUT2D eigenvalue weighted by molar-refractivity contribution is 5.88. The molecule has 134 valence electrons. The molecule has 0 unspecified atom stereocenters. The highest BCUT2D eigenvalue weighted by Gasteiger charge is 2.41. The van der Waals surface area contributed by atoms with Crippen LogP contribution in [0.1, 0.15) is 22.7 Å². The normalized spacial score (nSPS) is 19.0. The molecule has 2 aliphatic heterocycles. The Labute approximate surface area is 149 Å². The number of rotatable bonds is 1. The van der Waals surface area contributed by atoms with E-state index < -0.39 is 6.03 Å². The summed E-state index contributed by atoms with van der Waals surface area (Å²) in [6.07, 6.45) is 1.24. The zero-order valence-electron chi connectivity index (χ0n) is 14.2. The van der Waals surface area contributed by atoms with E-state index in [1.54, 1.807) is 18.1 Å². The molecule has 1 atom stereocenters. The van der Waals surface area contributed by atoms with E-state index >= 15 is 0 Å². The van der Waals surface area contributed by atoms with E-state index in [2.05, 4.69) is 0 Å². The number of benzene rings is 2. The molecule has 26 heavy (non-hydrogen) atoms. The van der Waals surface area contributed by atoms with Crippen molar-refractivity contribution in [1.29, 1.82) is 0 Å². The predicted molar refractivity (Wildman–Crippen MR) is 92.7 cm³/mol. The van der Waals surface area contributed by atoms with Gasteiger partial charge in [-0.2, -0.15) is 0 Å². The number of amides is 2. The summed E-state index contributed by atoms with van der Waals surface area (Å²) < 4.78 is 16.6. The van der Waals surface area contributed by atoms with Crippen molar-refractivity contribution in [3.05, 3.63) is 34.9 Å². The van der Waals surface area contributed by atoms with Crippen LogP contribution in [0.25, 0.3) is 11.1 Å². The van der Waals surface area contributed by atoms with E-state index in [4.69, 9.17) is 19.9 Å². The van der Waals surface area contributed by atoms with Gasteiger partial charge in [0.15, 0.2) is 11.5 Å². The number of methoxy groups -OCH3 is 1. The van der Waals surface area contributed by atoms with Crippen molar-refractivity contribution in [1.82, 2.24) is 4.90 Å².